The molecular weight excluding hydrogens is 247 g/mol. The van der Waals surface area contributed by atoms with Crippen LogP contribution in [0.1, 0.15) is 23.2 Å². The van der Waals surface area contributed by atoms with Crippen LogP contribution < -0.4 is 0 Å². The Kier molecular flexibility index (Phi) is 4.12. The standard InChI is InChI=1S/C9H7ClF3NO2/c10-2-4-3-14-8(9(12)13)7(11)5(4)1-6(15)16/h3,9H,1-2H2,(H,15,16). The molecule has 1 N–H and O–H groups in total. The van der Waals surface area contributed by atoms with E-state index in [-0.39, 0.29) is 17.0 Å². The molecule has 0 unspecified atom stereocenters. The largest absolute Gasteiger partial charge is 0.481 e. The highest BCUT2D eigenvalue weighted by molar-refractivity contribution is 6.17. The van der Waals surface area contributed by atoms with Crippen LogP contribution in [0.25, 0.3) is 0 Å². The van der Waals surface area contributed by atoms with E-state index in [1.165, 1.54) is 0 Å². The van der Waals surface area contributed by atoms with Crippen molar-refractivity contribution in [3.8, 4) is 0 Å². The van der Waals surface area contributed by atoms with E-state index in [9.17, 15) is 18.0 Å². The minimum Gasteiger partial charge on any atom is -0.481 e. The summed E-state index contributed by atoms with van der Waals surface area (Å²) in [4.78, 5) is 13.7. The van der Waals surface area contributed by atoms with Crippen LogP contribution >= 0.6 is 11.6 Å². The highest BCUT2D eigenvalue weighted by Gasteiger charge is 2.22. The summed E-state index contributed by atoms with van der Waals surface area (Å²) in [6, 6.07) is 0. The van der Waals surface area contributed by atoms with Crippen LogP contribution in [0.4, 0.5) is 13.2 Å². The van der Waals surface area contributed by atoms with Gasteiger partial charge in [-0.3, -0.25) is 9.78 Å². The fraction of sp³-hybridized carbons (Fsp3) is 0.333. The van der Waals surface area contributed by atoms with E-state index < -0.39 is 30.3 Å². The number of hydrogen-bond donors (Lipinski definition) is 1. The molecule has 0 bridgehead atoms. The van der Waals surface area contributed by atoms with Crippen molar-refractivity contribution in [1.82, 2.24) is 4.98 Å². The van der Waals surface area contributed by atoms with Crippen molar-refractivity contribution in [3.63, 3.8) is 0 Å². The molecule has 0 aliphatic heterocycles. The maximum absolute atomic E-state index is 13.5. The minimum atomic E-state index is -3.09. The van der Waals surface area contributed by atoms with Crippen LogP contribution in [0, 0.1) is 5.82 Å². The van der Waals surface area contributed by atoms with Crippen LogP contribution in [0.3, 0.4) is 0 Å². The van der Waals surface area contributed by atoms with Gasteiger partial charge < -0.3 is 5.11 Å². The number of carbonyl (C=O) groups is 1. The number of halogens is 4. The second-order valence-corrected chi connectivity index (χ2v) is 3.23. The number of aliphatic carboxylic acids is 1. The SMILES string of the molecule is O=C(O)Cc1c(CCl)cnc(C(F)F)c1F. The van der Waals surface area contributed by atoms with Gasteiger partial charge in [0.25, 0.3) is 6.43 Å². The third-order valence-electron chi connectivity index (χ3n) is 1.92. The normalized spacial score (nSPS) is 10.8. The lowest BCUT2D eigenvalue weighted by molar-refractivity contribution is -0.136. The third kappa shape index (κ3) is 2.63. The quantitative estimate of drug-likeness (QED) is 0.839. The van der Waals surface area contributed by atoms with Crippen molar-refractivity contribution in [2.45, 2.75) is 18.7 Å². The van der Waals surface area contributed by atoms with Gasteiger partial charge in [-0.15, -0.1) is 11.6 Å². The molecular formula is C9H7ClF3NO2. The van der Waals surface area contributed by atoms with E-state index in [1.54, 1.807) is 0 Å². The van der Waals surface area contributed by atoms with Gasteiger partial charge in [0.1, 0.15) is 5.69 Å². The van der Waals surface area contributed by atoms with Crippen molar-refractivity contribution in [3.05, 3.63) is 28.8 Å². The Morgan fingerprint density at radius 3 is 2.62 bits per heavy atom. The smallest absolute Gasteiger partial charge is 0.307 e. The average Bonchev–Trinajstić information content (AvgIpc) is 2.19. The van der Waals surface area contributed by atoms with Gasteiger partial charge in [-0.2, -0.15) is 0 Å². The van der Waals surface area contributed by atoms with E-state index in [0.29, 0.717) is 0 Å². The van der Waals surface area contributed by atoms with Crippen molar-refractivity contribution < 1.29 is 23.1 Å². The first-order valence-electron chi connectivity index (χ1n) is 4.19. The molecule has 0 aliphatic rings. The number of alkyl halides is 3. The van der Waals surface area contributed by atoms with Crippen LogP contribution in [0.15, 0.2) is 6.20 Å². The highest BCUT2D eigenvalue weighted by atomic mass is 35.5. The molecule has 0 saturated carbocycles. The van der Waals surface area contributed by atoms with Crippen LogP contribution in [0.2, 0.25) is 0 Å². The van der Waals surface area contributed by atoms with Crippen molar-refractivity contribution in [1.29, 1.82) is 0 Å². The summed E-state index contributed by atoms with van der Waals surface area (Å²) in [6.45, 7) is 0. The summed E-state index contributed by atoms with van der Waals surface area (Å²) >= 11 is 5.43. The molecule has 1 aromatic heterocycles. The molecule has 3 nitrogen and oxygen atoms in total. The molecule has 0 radical (unpaired) electrons. The first kappa shape index (κ1) is 12.8. The lowest BCUT2D eigenvalue weighted by Crippen LogP contribution is -2.10. The molecule has 0 aliphatic carbocycles. The Bertz CT molecular complexity index is 412. The monoisotopic (exact) mass is 253 g/mol. The Labute approximate surface area is 93.9 Å². The zero-order valence-corrected chi connectivity index (χ0v) is 8.64. The van der Waals surface area contributed by atoms with Crippen molar-refractivity contribution in [2.24, 2.45) is 0 Å². The van der Waals surface area contributed by atoms with Gasteiger partial charge >= 0.3 is 5.97 Å². The predicted octanol–water partition coefficient (Wildman–Crippen LogP) is 2.52. The van der Waals surface area contributed by atoms with Gasteiger partial charge in [-0.25, -0.2) is 13.2 Å². The number of nitrogens with zero attached hydrogens (tertiary/aromatic N) is 1. The number of rotatable bonds is 4. The zero-order valence-electron chi connectivity index (χ0n) is 7.88. The summed E-state index contributed by atoms with van der Waals surface area (Å²) in [6.07, 6.45) is -2.82. The van der Waals surface area contributed by atoms with Crippen LogP contribution in [0.5, 0.6) is 0 Å². The second-order valence-electron chi connectivity index (χ2n) is 2.97. The highest BCUT2D eigenvalue weighted by Crippen LogP contribution is 2.25. The summed E-state index contributed by atoms with van der Waals surface area (Å²) in [5, 5.41) is 8.52. The van der Waals surface area contributed by atoms with E-state index in [0.717, 1.165) is 6.20 Å². The fourth-order valence-electron chi connectivity index (χ4n) is 1.19. The summed E-state index contributed by atoms with van der Waals surface area (Å²) < 4.78 is 38.1. The summed E-state index contributed by atoms with van der Waals surface area (Å²) in [5.41, 5.74) is -1.29. The van der Waals surface area contributed by atoms with Gasteiger partial charge in [-0.05, 0) is 5.56 Å². The molecule has 88 valence electrons. The Balaban J connectivity index is 3.28. The number of aromatic nitrogens is 1. The van der Waals surface area contributed by atoms with Gasteiger partial charge in [0.2, 0.25) is 0 Å². The lowest BCUT2D eigenvalue weighted by Gasteiger charge is -2.09. The first-order valence-corrected chi connectivity index (χ1v) is 4.72. The van der Waals surface area contributed by atoms with Crippen LogP contribution in [-0.4, -0.2) is 16.1 Å². The molecule has 0 fully saturated rings. The first-order chi connectivity index (χ1) is 7.47. The molecule has 0 atom stereocenters. The van der Waals surface area contributed by atoms with E-state index >= 15 is 0 Å². The molecule has 1 aromatic rings. The second kappa shape index (κ2) is 5.16. The van der Waals surface area contributed by atoms with Gasteiger partial charge in [0.15, 0.2) is 5.82 Å². The number of carboxylic acid groups (broad SMARTS) is 1. The molecule has 1 heterocycles. The van der Waals surface area contributed by atoms with E-state index in [1.807, 2.05) is 0 Å². The number of pyridine rings is 1. The Hall–Kier alpha value is -1.30. The summed E-state index contributed by atoms with van der Waals surface area (Å²) in [7, 11) is 0. The number of carboxylic acids is 1. The zero-order chi connectivity index (χ0) is 12.3. The predicted molar refractivity (Wildman–Crippen MR) is 50.0 cm³/mol. The molecule has 0 saturated heterocycles. The molecule has 1 rings (SSSR count). The van der Waals surface area contributed by atoms with Crippen LogP contribution in [-0.2, 0) is 17.1 Å². The maximum atomic E-state index is 13.5. The Morgan fingerprint density at radius 2 is 2.19 bits per heavy atom. The van der Waals surface area contributed by atoms with Gasteiger partial charge in [0, 0.05) is 17.6 Å². The van der Waals surface area contributed by atoms with E-state index in [2.05, 4.69) is 4.98 Å². The summed E-state index contributed by atoms with van der Waals surface area (Å²) in [5.74, 6) is -2.80. The lowest BCUT2D eigenvalue weighted by atomic mass is 10.1. The van der Waals surface area contributed by atoms with E-state index in [4.69, 9.17) is 16.7 Å². The fourth-order valence-corrected chi connectivity index (χ4v) is 1.42. The Morgan fingerprint density at radius 1 is 1.56 bits per heavy atom. The average molecular weight is 254 g/mol. The molecule has 16 heavy (non-hydrogen) atoms. The topological polar surface area (TPSA) is 50.2 Å². The van der Waals surface area contributed by atoms with Crippen molar-refractivity contribution >= 4 is 17.6 Å². The molecule has 0 aromatic carbocycles. The molecule has 0 amide bonds. The van der Waals surface area contributed by atoms with Gasteiger partial charge in [0.05, 0.1) is 6.42 Å². The maximum Gasteiger partial charge on any atom is 0.307 e. The molecule has 0 spiro atoms. The minimum absolute atomic E-state index is 0.103. The third-order valence-corrected chi connectivity index (χ3v) is 2.20. The number of hydrogen-bond acceptors (Lipinski definition) is 2. The van der Waals surface area contributed by atoms with Gasteiger partial charge in [-0.1, -0.05) is 0 Å². The van der Waals surface area contributed by atoms with Crippen molar-refractivity contribution in [2.75, 3.05) is 0 Å². The molecule has 7 heteroatoms.